The molecular formula is C20H21N5OS. The highest BCUT2D eigenvalue weighted by Crippen LogP contribution is 2.36. The Labute approximate surface area is 161 Å². The summed E-state index contributed by atoms with van der Waals surface area (Å²) in [4.78, 5) is 10.6. The molecule has 4 aromatic rings. The predicted octanol–water partition coefficient (Wildman–Crippen LogP) is 3.79. The summed E-state index contributed by atoms with van der Waals surface area (Å²) >= 11 is 1.86. The van der Waals surface area contributed by atoms with Gasteiger partial charge in [0.05, 0.1) is 34.9 Å². The standard InChI is InChI=1S/C20H21N5OS/c1-12-11-25-20(23-12)17(26-2)8-15(24-25)14-7-19-16(22-10-14)9-18(27-19)13-3-5-21-6-4-13/h7-11,13,21H,3-6H2,1-2H3. The number of rotatable bonds is 3. The second-order valence-corrected chi connectivity index (χ2v) is 8.14. The fraction of sp³-hybridized carbons (Fsp3) is 0.350. The van der Waals surface area contributed by atoms with Gasteiger partial charge in [-0.1, -0.05) is 0 Å². The van der Waals surface area contributed by atoms with E-state index in [9.17, 15) is 0 Å². The molecule has 0 unspecified atom stereocenters. The van der Waals surface area contributed by atoms with Crippen LogP contribution in [0.4, 0.5) is 0 Å². The molecule has 5 heterocycles. The number of hydrogen-bond acceptors (Lipinski definition) is 6. The molecule has 1 N–H and O–H groups in total. The first-order valence-corrected chi connectivity index (χ1v) is 10.0. The van der Waals surface area contributed by atoms with Crippen LogP contribution in [0.25, 0.3) is 27.1 Å². The lowest BCUT2D eigenvalue weighted by Crippen LogP contribution is -2.26. The van der Waals surface area contributed by atoms with Crippen molar-refractivity contribution in [2.45, 2.75) is 25.7 Å². The van der Waals surface area contributed by atoms with Crippen LogP contribution in [0.5, 0.6) is 5.75 Å². The largest absolute Gasteiger partial charge is 0.493 e. The number of methoxy groups -OCH3 is 1. The minimum absolute atomic E-state index is 0.650. The number of aromatic nitrogens is 4. The maximum atomic E-state index is 5.53. The highest BCUT2D eigenvalue weighted by Gasteiger charge is 2.18. The molecule has 4 aromatic heterocycles. The molecule has 27 heavy (non-hydrogen) atoms. The number of thiophene rings is 1. The Balaban J connectivity index is 1.57. The zero-order valence-corrected chi connectivity index (χ0v) is 16.2. The van der Waals surface area contributed by atoms with Crippen molar-refractivity contribution in [3.05, 3.63) is 41.2 Å². The van der Waals surface area contributed by atoms with E-state index >= 15 is 0 Å². The van der Waals surface area contributed by atoms with Crippen molar-refractivity contribution in [3.63, 3.8) is 0 Å². The number of nitrogens with zero attached hydrogens (tertiary/aromatic N) is 4. The minimum atomic E-state index is 0.650. The zero-order valence-electron chi connectivity index (χ0n) is 15.4. The molecule has 1 aliphatic heterocycles. The maximum Gasteiger partial charge on any atom is 0.196 e. The van der Waals surface area contributed by atoms with Crippen LogP contribution in [0.15, 0.2) is 30.6 Å². The van der Waals surface area contributed by atoms with Crippen LogP contribution in [0, 0.1) is 6.92 Å². The monoisotopic (exact) mass is 379 g/mol. The van der Waals surface area contributed by atoms with Gasteiger partial charge in [0, 0.05) is 22.7 Å². The van der Waals surface area contributed by atoms with Crippen LogP contribution in [-0.2, 0) is 0 Å². The van der Waals surface area contributed by atoms with Crippen molar-refractivity contribution in [1.82, 2.24) is 24.9 Å². The van der Waals surface area contributed by atoms with Crippen molar-refractivity contribution >= 4 is 27.2 Å². The zero-order chi connectivity index (χ0) is 18.4. The Morgan fingerprint density at radius 3 is 2.89 bits per heavy atom. The van der Waals surface area contributed by atoms with Gasteiger partial charge >= 0.3 is 0 Å². The van der Waals surface area contributed by atoms with Gasteiger partial charge in [-0.25, -0.2) is 9.50 Å². The molecule has 138 valence electrons. The molecule has 0 bridgehead atoms. The molecule has 0 saturated carbocycles. The molecule has 0 spiro atoms. The van der Waals surface area contributed by atoms with Gasteiger partial charge in [-0.05, 0) is 50.9 Å². The summed E-state index contributed by atoms with van der Waals surface area (Å²) in [6, 6.07) is 6.39. The van der Waals surface area contributed by atoms with Crippen molar-refractivity contribution in [3.8, 4) is 17.0 Å². The number of pyridine rings is 1. The molecule has 6 nitrogen and oxygen atoms in total. The fourth-order valence-electron chi connectivity index (χ4n) is 3.74. The summed E-state index contributed by atoms with van der Waals surface area (Å²) in [7, 11) is 1.66. The summed E-state index contributed by atoms with van der Waals surface area (Å²) in [6.45, 7) is 4.16. The van der Waals surface area contributed by atoms with E-state index in [1.54, 1.807) is 11.6 Å². The van der Waals surface area contributed by atoms with Crippen molar-refractivity contribution in [2.24, 2.45) is 0 Å². The van der Waals surface area contributed by atoms with E-state index in [1.165, 1.54) is 22.4 Å². The lowest BCUT2D eigenvalue weighted by Gasteiger charge is -2.21. The van der Waals surface area contributed by atoms with Gasteiger partial charge in [0.2, 0.25) is 0 Å². The number of imidazole rings is 1. The molecule has 0 aliphatic carbocycles. The third-order valence-electron chi connectivity index (χ3n) is 5.16. The maximum absolute atomic E-state index is 5.53. The van der Waals surface area contributed by atoms with E-state index in [2.05, 4.69) is 22.4 Å². The number of hydrogen-bond donors (Lipinski definition) is 1. The smallest absolute Gasteiger partial charge is 0.196 e. The Bertz CT molecular complexity index is 1130. The van der Waals surface area contributed by atoms with Gasteiger partial charge in [-0.15, -0.1) is 11.3 Å². The van der Waals surface area contributed by atoms with Crippen molar-refractivity contribution in [2.75, 3.05) is 20.2 Å². The number of piperidine rings is 1. The van der Waals surface area contributed by atoms with Gasteiger partial charge < -0.3 is 10.1 Å². The first-order valence-electron chi connectivity index (χ1n) is 9.23. The Hall–Kier alpha value is -2.51. The first-order chi connectivity index (χ1) is 13.2. The van der Waals surface area contributed by atoms with Crippen LogP contribution in [-0.4, -0.2) is 39.8 Å². The van der Waals surface area contributed by atoms with Crippen LogP contribution in [0.1, 0.15) is 29.3 Å². The number of fused-ring (bicyclic) bond motifs is 2. The molecule has 0 radical (unpaired) electrons. The van der Waals surface area contributed by atoms with Gasteiger partial charge in [0.25, 0.3) is 0 Å². The van der Waals surface area contributed by atoms with E-state index in [0.717, 1.165) is 47.0 Å². The molecule has 5 rings (SSSR count). The SMILES string of the molecule is COc1cc(-c2cnc3cc(C4CCNCC4)sc3c2)nn2cc(C)nc12. The van der Waals surface area contributed by atoms with Crippen molar-refractivity contribution in [1.29, 1.82) is 0 Å². The van der Waals surface area contributed by atoms with Crippen LogP contribution in [0.2, 0.25) is 0 Å². The molecular weight excluding hydrogens is 358 g/mol. The highest BCUT2D eigenvalue weighted by molar-refractivity contribution is 7.19. The minimum Gasteiger partial charge on any atom is -0.493 e. The van der Waals surface area contributed by atoms with Gasteiger partial charge in [0.15, 0.2) is 11.4 Å². The summed E-state index contributed by atoms with van der Waals surface area (Å²) in [5.41, 5.74) is 4.55. The normalized spacial score (nSPS) is 15.6. The Morgan fingerprint density at radius 2 is 2.07 bits per heavy atom. The number of ether oxygens (including phenoxy) is 1. The van der Waals surface area contributed by atoms with Crippen LogP contribution < -0.4 is 10.1 Å². The Kier molecular flexibility index (Phi) is 4.06. The average Bonchev–Trinajstić information content (AvgIpc) is 3.29. The van der Waals surface area contributed by atoms with E-state index < -0.39 is 0 Å². The predicted molar refractivity (Wildman–Crippen MR) is 108 cm³/mol. The summed E-state index contributed by atoms with van der Waals surface area (Å²) in [5.74, 6) is 1.37. The van der Waals surface area contributed by atoms with E-state index in [4.69, 9.17) is 14.8 Å². The van der Waals surface area contributed by atoms with Gasteiger partial charge in [-0.3, -0.25) is 4.98 Å². The van der Waals surface area contributed by atoms with E-state index in [-0.39, 0.29) is 0 Å². The molecule has 1 fully saturated rings. The van der Waals surface area contributed by atoms with Crippen LogP contribution in [0.3, 0.4) is 0 Å². The van der Waals surface area contributed by atoms with Gasteiger partial charge in [0.1, 0.15) is 0 Å². The molecule has 1 saturated heterocycles. The highest BCUT2D eigenvalue weighted by atomic mass is 32.1. The van der Waals surface area contributed by atoms with Crippen LogP contribution >= 0.6 is 11.3 Å². The summed E-state index contributed by atoms with van der Waals surface area (Å²) in [5, 5.41) is 8.15. The third-order valence-corrected chi connectivity index (χ3v) is 6.39. The third kappa shape index (κ3) is 2.96. The number of nitrogens with one attached hydrogen (secondary N) is 1. The molecule has 7 heteroatoms. The quantitative estimate of drug-likeness (QED) is 0.587. The van der Waals surface area contributed by atoms with Gasteiger partial charge in [-0.2, -0.15) is 5.10 Å². The Morgan fingerprint density at radius 1 is 1.22 bits per heavy atom. The molecule has 0 amide bonds. The molecule has 1 aliphatic rings. The fourth-order valence-corrected chi connectivity index (χ4v) is 4.97. The average molecular weight is 379 g/mol. The summed E-state index contributed by atoms with van der Waals surface area (Å²) < 4.78 is 8.52. The second kappa shape index (κ2) is 6.58. The first kappa shape index (κ1) is 16.6. The molecule has 0 aromatic carbocycles. The van der Waals surface area contributed by atoms with E-state index in [1.807, 2.05) is 36.7 Å². The lowest BCUT2D eigenvalue weighted by atomic mass is 9.96. The molecule has 0 atom stereocenters. The second-order valence-electron chi connectivity index (χ2n) is 7.03. The number of aryl methyl sites for hydroxylation is 1. The lowest BCUT2D eigenvalue weighted by molar-refractivity contribution is 0.416. The topological polar surface area (TPSA) is 64.3 Å². The van der Waals surface area contributed by atoms with E-state index in [0.29, 0.717) is 5.92 Å². The van der Waals surface area contributed by atoms with Crippen molar-refractivity contribution < 1.29 is 4.74 Å². The summed E-state index contributed by atoms with van der Waals surface area (Å²) in [6.07, 6.45) is 6.22.